The van der Waals surface area contributed by atoms with E-state index in [9.17, 15) is 9.59 Å². The number of anilines is 1. The maximum atomic E-state index is 11.7. The summed E-state index contributed by atoms with van der Waals surface area (Å²) in [7, 11) is 0. The summed E-state index contributed by atoms with van der Waals surface area (Å²) in [5, 5.41) is 3.14. The Morgan fingerprint density at radius 2 is 1.89 bits per heavy atom. The molecule has 2 unspecified atom stereocenters. The molecule has 1 aromatic carbocycles. The number of nitrogens with one attached hydrogen (secondary N) is 1. The number of ether oxygens (including phenoxy) is 1. The topological polar surface area (TPSA) is 55.4 Å². The van der Waals surface area contributed by atoms with Crippen LogP contribution in [0.25, 0.3) is 0 Å². The number of esters is 1. The van der Waals surface area contributed by atoms with E-state index in [-0.39, 0.29) is 18.4 Å². The summed E-state index contributed by atoms with van der Waals surface area (Å²) in [5.74, 6) is -1.43. The molecular weight excluding hydrogens is 230 g/mol. The first-order valence-corrected chi connectivity index (χ1v) is 6.05. The number of hydrogen-bond donors (Lipinski definition) is 1. The van der Waals surface area contributed by atoms with Crippen LogP contribution in [0.5, 0.6) is 0 Å². The second kappa shape index (κ2) is 6.79. The molecule has 1 N–H and O–H groups in total. The van der Waals surface area contributed by atoms with E-state index in [1.54, 1.807) is 13.8 Å². The Bertz CT molecular complexity index is 403. The van der Waals surface area contributed by atoms with Crippen molar-refractivity contribution in [2.24, 2.45) is 5.92 Å². The molecule has 0 aliphatic rings. The zero-order valence-corrected chi connectivity index (χ0v) is 11.0. The van der Waals surface area contributed by atoms with Crippen LogP contribution in [0.3, 0.4) is 0 Å². The highest BCUT2D eigenvalue weighted by Gasteiger charge is 2.30. The third kappa shape index (κ3) is 3.87. The van der Waals surface area contributed by atoms with Crippen LogP contribution in [0.4, 0.5) is 5.69 Å². The number of carbonyl (C=O) groups excluding carboxylic acids is 2. The van der Waals surface area contributed by atoms with Crippen molar-refractivity contribution in [1.29, 1.82) is 0 Å². The summed E-state index contributed by atoms with van der Waals surface area (Å²) >= 11 is 0. The maximum absolute atomic E-state index is 11.7. The molecular formula is C14H19NO3. The minimum atomic E-state index is -0.773. The smallest absolute Gasteiger partial charge is 0.318 e. The van der Waals surface area contributed by atoms with Gasteiger partial charge in [-0.1, -0.05) is 18.2 Å². The number of benzene rings is 1. The molecule has 0 aliphatic carbocycles. The molecule has 0 bridgehead atoms. The fraction of sp³-hybridized carbons (Fsp3) is 0.429. The number of carbonyl (C=O) groups is 2. The lowest BCUT2D eigenvalue weighted by molar-refractivity contribution is -0.151. The predicted octanol–water partition coefficient (Wildman–Crippen LogP) is 2.26. The van der Waals surface area contributed by atoms with Gasteiger partial charge in [0.05, 0.1) is 6.61 Å². The molecule has 1 rings (SSSR count). The number of Topliss-reactive ketones (excluding diaryl/α,β-unsaturated/α-hetero) is 1. The summed E-state index contributed by atoms with van der Waals surface area (Å²) in [6.45, 7) is 5.21. The van der Waals surface area contributed by atoms with Crippen molar-refractivity contribution in [3.8, 4) is 0 Å². The first-order chi connectivity index (χ1) is 8.56. The van der Waals surface area contributed by atoms with Crippen molar-refractivity contribution in [2.45, 2.75) is 26.8 Å². The third-order valence-electron chi connectivity index (χ3n) is 2.65. The van der Waals surface area contributed by atoms with Crippen LogP contribution in [-0.4, -0.2) is 24.4 Å². The SMILES string of the molecule is CCOC(=O)C(C(C)=O)C(C)Nc1ccccc1. The Hall–Kier alpha value is -1.84. The molecule has 0 heterocycles. The number of para-hydroxylation sites is 1. The van der Waals surface area contributed by atoms with E-state index in [4.69, 9.17) is 4.74 Å². The van der Waals surface area contributed by atoms with Gasteiger partial charge in [0.2, 0.25) is 0 Å². The van der Waals surface area contributed by atoms with E-state index >= 15 is 0 Å². The van der Waals surface area contributed by atoms with Crippen LogP contribution in [0, 0.1) is 5.92 Å². The Balaban J connectivity index is 2.74. The minimum absolute atomic E-state index is 0.190. The highest BCUT2D eigenvalue weighted by molar-refractivity contribution is 5.98. The van der Waals surface area contributed by atoms with Gasteiger partial charge in [0.25, 0.3) is 0 Å². The van der Waals surface area contributed by atoms with Crippen molar-refractivity contribution in [2.75, 3.05) is 11.9 Å². The number of ketones is 1. The Morgan fingerprint density at radius 1 is 1.28 bits per heavy atom. The largest absolute Gasteiger partial charge is 0.465 e. The van der Waals surface area contributed by atoms with Gasteiger partial charge in [-0.25, -0.2) is 0 Å². The molecule has 0 spiro atoms. The maximum Gasteiger partial charge on any atom is 0.318 e. The predicted molar refractivity (Wildman–Crippen MR) is 70.3 cm³/mol. The highest BCUT2D eigenvalue weighted by atomic mass is 16.5. The van der Waals surface area contributed by atoms with Gasteiger partial charge in [-0.3, -0.25) is 9.59 Å². The third-order valence-corrected chi connectivity index (χ3v) is 2.65. The second-order valence-electron chi connectivity index (χ2n) is 4.14. The van der Waals surface area contributed by atoms with Crippen molar-refractivity contribution < 1.29 is 14.3 Å². The van der Waals surface area contributed by atoms with E-state index in [2.05, 4.69) is 5.32 Å². The standard InChI is InChI=1S/C14H19NO3/c1-4-18-14(17)13(11(3)16)10(2)15-12-8-6-5-7-9-12/h5-10,13,15H,4H2,1-3H3. The van der Waals surface area contributed by atoms with Gasteiger partial charge in [-0.15, -0.1) is 0 Å². The van der Waals surface area contributed by atoms with Gasteiger partial charge in [-0.05, 0) is 32.9 Å². The van der Waals surface area contributed by atoms with E-state index in [1.807, 2.05) is 30.3 Å². The normalized spacial score (nSPS) is 13.5. The van der Waals surface area contributed by atoms with Crippen LogP contribution in [-0.2, 0) is 14.3 Å². The summed E-state index contributed by atoms with van der Waals surface area (Å²) in [6.07, 6.45) is 0. The van der Waals surface area contributed by atoms with Crippen LogP contribution in [0.2, 0.25) is 0 Å². The fourth-order valence-electron chi connectivity index (χ4n) is 1.83. The van der Waals surface area contributed by atoms with Crippen molar-refractivity contribution in [3.63, 3.8) is 0 Å². The summed E-state index contributed by atoms with van der Waals surface area (Å²) in [4.78, 5) is 23.3. The molecule has 0 aliphatic heterocycles. The quantitative estimate of drug-likeness (QED) is 0.620. The number of rotatable bonds is 6. The van der Waals surface area contributed by atoms with E-state index in [1.165, 1.54) is 6.92 Å². The van der Waals surface area contributed by atoms with Gasteiger partial charge in [0.15, 0.2) is 0 Å². The molecule has 0 fully saturated rings. The second-order valence-corrected chi connectivity index (χ2v) is 4.14. The van der Waals surface area contributed by atoms with Crippen molar-refractivity contribution in [3.05, 3.63) is 30.3 Å². The van der Waals surface area contributed by atoms with E-state index < -0.39 is 11.9 Å². The Kier molecular flexibility index (Phi) is 5.36. The van der Waals surface area contributed by atoms with Gasteiger partial charge in [0, 0.05) is 11.7 Å². The molecule has 0 radical (unpaired) electrons. The lowest BCUT2D eigenvalue weighted by atomic mass is 9.97. The average Bonchev–Trinajstić information content (AvgIpc) is 2.30. The summed E-state index contributed by atoms with van der Waals surface area (Å²) < 4.78 is 4.92. The van der Waals surface area contributed by atoms with Gasteiger partial charge < -0.3 is 10.1 Å². The summed E-state index contributed by atoms with van der Waals surface area (Å²) in [5.41, 5.74) is 0.876. The Labute approximate surface area is 107 Å². The van der Waals surface area contributed by atoms with Crippen molar-refractivity contribution in [1.82, 2.24) is 0 Å². The van der Waals surface area contributed by atoms with E-state index in [0.717, 1.165) is 5.69 Å². The number of hydrogen-bond acceptors (Lipinski definition) is 4. The first-order valence-electron chi connectivity index (χ1n) is 6.05. The first kappa shape index (κ1) is 14.2. The lowest BCUT2D eigenvalue weighted by Crippen LogP contribution is -2.38. The van der Waals surface area contributed by atoms with Crippen LogP contribution in [0.1, 0.15) is 20.8 Å². The van der Waals surface area contributed by atoms with Crippen LogP contribution >= 0.6 is 0 Å². The molecule has 4 nitrogen and oxygen atoms in total. The summed E-state index contributed by atoms with van der Waals surface area (Å²) in [6, 6.07) is 9.16. The molecule has 0 saturated carbocycles. The van der Waals surface area contributed by atoms with Crippen LogP contribution in [0.15, 0.2) is 30.3 Å². The lowest BCUT2D eigenvalue weighted by Gasteiger charge is -2.22. The zero-order valence-electron chi connectivity index (χ0n) is 11.0. The molecule has 0 aromatic heterocycles. The molecule has 18 heavy (non-hydrogen) atoms. The minimum Gasteiger partial charge on any atom is -0.465 e. The fourth-order valence-corrected chi connectivity index (χ4v) is 1.83. The van der Waals surface area contributed by atoms with Gasteiger partial charge in [0.1, 0.15) is 11.7 Å². The molecule has 98 valence electrons. The van der Waals surface area contributed by atoms with Crippen molar-refractivity contribution >= 4 is 17.4 Å². The molecule has 0 amide bonds. The van der Waals surface area contributed by atoms with Crippen LogP contribution < -0.4 is 5.32 Å². The molecule has 1 aromatic rings. The molecule has 2 atom stereocenters. The highest BCUT2D eigenvalue weighted by Crippen LogP contribution is 2.15. The van der Waals surface area contributed by atoms with Gasteiger partial charge in [-0.2, -0.15) is 0 Å². The zero-order chi connectivity index (χ0) is 13.5. The average molecular weight is 249 g/mol. The molecule has 4 heteroatoms. The molecule has 0 saturated heterocycles. The van der Waals surface area contributed by atoms with E-state index in [0.29, 0.717) is 0 Å². The Morgan fingerprint density at radius 3 is 2.39 bits per heavy atom. The van der Waals surface area contributed by atoms with Gasteiger partial charge >= 0.3 is 5.97 Å². The monoisotopic (exact) mass is 249 g/mol.